The van der Waals surface area contributed by atoms with E-state index in [1.807, 2.05) is 0 Å². The van der Waals surface area contributed by atoms with E-state index in [-0.39, 0.29) is 15.8 Å². The van der Waals surface area contributed by atoms with E-state index in [4.69, 9.17) is 16.3 Å². The second kappa shape index (κ2) is 6.93. The third-order valence-electron chi connectivity index (χ3n) is 3.92. The first kappa shape index (κ1) is 17.6. The number of sulfonamides is 1. The van der Waals surface area contributed by atoms with Crippen molar-refractivity contribution < 1.29 is 17.9 Å². The second-order valence-electron chi connectivity index (χ2n) is 5.57. The topological polar surface area (TPSA) is 75.7 Å². The van der Waals surface area contributed by atoms with Gasteiger partial charge in [0.25, 0.3) is 10.0 Å². The third kappa shape index (κ3) is 3.57. The van der Waals surface area contributed by atoms with Crippen molar-refractivity contribution in [2.45, 2.75) is 17.7 Å². The van der Waals surface area contributed by atoms with Crippen LogP contribution in [0.25, 0.3) is 0 Å². The highest BCUT2D eigenvalue weighted by Crippen LogP contribution is 2.34. The maximum atomic E-state index is 12.5. The van der Waals surface area contributed by atoms with E-state index in [9.17, 15) is 13.2 Å². The van der Waals surface area contributed by atoms with Gasteiger partial charge in [-0.3, -0.25) is 9.52 Å². The number of carbonyl (C=O) groups excluding carboxylic acids is 1. The zero-order chi connectivity index (χ0) is 18.0. The number of rotatable bonds is 5. The number of carbonyl (C=O) groups is 1. The molecule has 1 aliphatic rings. The van der Waals surface area contributed by atoms with Crippen molar-refractivity contribution in [3.05, 3.63) is 47.5 Å². The van der Waals surface area contributed by atoms with Crippen LogP contribution in [0.4, 0.5) is 11.4 Å². The summed E-state index contributed by atoms with van der Waals surface area (Å²) in [5, 5.41) is 0.140. The Morgan fingerprint density at radius 2 is 1.96 bits per heavy atom. The Balaban J connectivity index is 1.91. The molecule has 0 radical (unpaired) electrons. The molecule has 0 bridgehead atoms. The first-order valence-corrected chi connectivity index (χ1v) is 9.54. The lowest BCUT2D eigenvalue weighted by atomic mass is 10.2. The molecule has 2 aromatic carbocycles. The van der Waals surface area contributed by atoms with E-state index in [1.165, 1.54) is 19.2 Å². The van der Waals surface area contributed by atoms with Gasteiger partial charge in [-0.05, 0) is 30.7 Å². The fourth-order valence-electron chi connectivity index (χ4n) is 2.74. The van der Waals surface area contributed by atoms with E-state index >= 15 is 0 Å². The first-order chi connectivity index (χ1) is 11.9. The van der Waals surface area contributed by atoms with Crippen molar-refractivity contribution in [1.82, 2.24) is 0 Å². The molecule has 0 spiro atoms. The zero-order valence-corrected chi connectivity index (χ0v) is 15.1. The summed E-state index contributed by atoms with van der Waals surface area (Å²) in [4.78, 5) is 13.6. The van der Waals surface area contributed by atoms with Crippen molar-refractivity contribution >= 4 is 38.9 Å². The summed E-state index contributed by atoms with van der Waals surface area (Å²) in [7, 11) is -2.35. The standard InChI is InChI=1S/C17H17ClN2O4S/c1-24-15-11-12(8-9-14(15)20-10-4-7-17(20)21)19-25(22,23)16-6-3-2-5-13(16)18/h2-3,5-6,8-9,11,19H,4,7,10H2,1H3. The number of ether oxygens (including phenoxy) is 1. The zero-order valence-electron chi connectivity index (χ0n) is 13.5. The fraction of sp³-hybridized carbons (Fsp3) is 0.235. The van der Waals surface area contributed by atoms with E-state index in [2.05, 4.69) is 4.72 Å². The van der Waals surface area contributed by atoms with Crippen LogP contribution in [0.2, 0.25) is 5.02 Å². The molecule has 1 saturated heterocycles. The van der Waals surface area contributed by atoms with Gasteiger partial charge in [-0.2, -0.15) is 0 Å². The Morgan fingerprint density at radius 1 is 1.20 bits per heavy atom. The molecule has 1 aliphatic heterocycles. The number of anilines is 2. The van der Waals surface area contributed by atoms with Gasteiger partial charge in [0.1, 0.15) is 10.6 Å². The van der Waals surface area contributed by atoms with Crippen LogP contribution >= 0.6 is 11.6 Å². The predicted molar refractivity (Wildman–Crippen MR) is 96.8 cm³/mol. The number of benzene rings is 2. The number of amides is 1. The minimum atomic E-state index is -3.83. The molecule has 0 atom stereocenters. The SMILES string of the molecule is COc1cc(NS(=O)(=O)c2ccccc2Cl)ccc1N1CCCC1=O. The van der Waals surface area contributed by atoms with Crippen LogP contribution in [-0.4, -0.2) is 28.0 Å². The van der Waals surface area contributed by atoms with Gasteiger partial charge < -0.3 is 9.64 Å². The van der Waals surface area contributed by atoms with Crippen LogP contribution < -0.4 is 14.4 Å². The lowest BCUT2D eigenvalue weighted by Gasteiger charge is -2.20. The highest BCUT2D eigenvalue weighted by Gasteiger charge is 2.25. The Labute approximate surface area is 151 Å². The van der Waals surface area contributed by atoms with Crippen LogP contribution in [0, 0.1) is 0 Å². The lowest BCUT2D eigenvalue weighted by molar-refractivity contribution is -0.117. The van der Waals surface area contributed by atoms with Crippen molar-refractivity contribution in [2.75, 3.05) is 23.3 Å². The van der Waals surface area contributed by atoms with Gasteiger partial charge in [0, 0.05) is 19.0 Å². The van der Waals surface area contributed by atoms with E-state index < -0.39 is 10.0 Å². The monoisotopic (exact) mass is 380 g/mol. The van der Waals surface area contributed by atoms with E-state index in [0.29, 0.717) is 30.1 Å². The number of nitrogens with zero attached hydrogens (tertiary/aromatic N) is 1. The highest BCUT2D eigenvalue weighted by atomic mass is 35.5. The Hall–Kier alpha value is -2.25. The number of methoxy groups -OCH3 is 1. The molecule has 0 unspecified atom stereocenters. The molecule has 0 saturated carbocycles. The maximum Gasteiger partial charge on any atom is 0.263 e. The van der Waals surface area contributed by atoms with Crippen LogP contribution in [0.3, 0.4) is 0 Å². The average molecular weight is 381 g/mol. The molecule has 25 heavy (non-hydrogen) atoms. The minimum absolute atomic E-state index is 0.00516. The molecule has 132 valence electrons. The number of nitrogens with one attached hydrogen (secondary N) is 1. The molecule has 1 heterocycles. The summed E-state index contributed by atoms with van der Waals surface area (Å²) in [5.41, 5.74) is 0.956. The normalized spacial score (nSPS) is 14.6. The molecule has 0 aliphatic carbocycles. The molecule has 6 nitrogen and oxygen atoms in total. The van der Waals surface area contributed by atoms with Crippen LogP contribution in [0.15, 0.2) is 47.4 Å². The molecule has 8 heteroatoms. The Bertz CT molecular complexity index is 915. The van der Waals surface area contributed by atoms with Gasteiger partial charge in [0.15, 0.2) is 0 Å². The molecule has 1 N–H and O–H groups in total. The van der Waals surface area contributed by atoms with Gasteiger partial charge >= 0.3 is 0 Å². The largest absolute Gasteiger partial charge is 0.494 e. The van der Waals surface area contributed by atoms with Gasteiger partial charge in [0.2, 0.25) is 5.91 Å². The average Bonchev–Trinajstić information content (AvgIpc) is 3.00. The maximum absolute atomic E-state index is 12.5. The highest BCUT2D eigenvalue weighted by molar-refractivity contribution is 7.92. The quantitative estimate of drug-likeness (QED) is 0.863. The van der Waals surface area contributed by atoms with Gasteiger partial charge in [-0.1, -0.05) is 23.7 Å². The van der Waals surface area contributed by atoms with Crippen molar-refractivity contribution in [1.29, 1.82) is 0 Å². The number of hydrogen-bond acceptors (Lipinski definition) is 4. The fourth-order valence-corrected chi connectivity index (χ4v) is 4.31. The Kier molecular flexibility index (Phi) is 4.87. The number of hydrogen-bond donors (Lipinski definition) is 1. The van der Waals surface area contributed by atoms with Gasteiger partial charge in [0.05, 0.1) is 23.5 Å². The predicted octanol–water partition coefficient (Wildman–Crippen LogP) is 3.28. The summed E-state index contributed by atoms with van der Waals surface area (Å²) in [5.74, 6) is 0.456. The summed E-state index contributed by atoms with van der Waals surface area (Å²) >= 11 is 5.97. The minimum Gasteiger partial charge on any atom is -0.494 e. The summed E-state index contributed by atoms with van der Waals surface area (Å²) < 4.78 is 32.8. The molecule has 2 aromatic rings. The Morgan fingerprint density at radius 3 is 2.60 bits per heavy atom. The lowest BCUT2D eigenvalue weighted by Crippen LogP contribution is -2.24. The molecular formula is C17H17ClN2O4S. The van der Waals surface area contributed by atoms with Crippen LogP contribution in [0.5, 0.6) is 5.75 Å². The second-order valence-corrected chi connectivity index (χ2v) is 7.63. The third-order valence-corrected chi connectivity index (χ3v) is 5.80. The molecule has 0 aromatic heterocycles. The summed E-state index contributed by atoms with van der Waals surface area (Å²) in [6.45, 7) is 0.625. The van der Waals surface area contributed by atoms with Crippen molar-refractivity contribution in [3.8, 4) is 5.75 Å². The van der Waals surface area contributed by atoms with E-state index in [1.54, 1.807) is 35.2 Å². The molecule has 3 rings (SSSR count). The first-order valence-electron chi connectivity index (χ1n) is 7.68. The van der Waals surface area contributed by atoms with Gasteiger partial charge in [-0.25, -0.2) is 8.42 Å². The van der Waals surface area contributed by atoms with E-state index in [0.717, 1.165) is 6.42 Å². The van der Waals surface area contributed by atoms with Crippen LogP contribution in [-0.2, 0) is 14.8 Å². The summed E-state index contributed by atoms with van der Waals surface area (Å²) in [6.07, 6.45) is 1.30. The smallest absolute Gasteiger partial charge is 0.263 e. The van der Waals surface area contributed by atoms with Crippen molar-refractivity contribution in [3.63, 3.8) is 0 Å². The molecule has 1 amide bonds. The van der Waals surface area contributed by atoms with Gasteiger partial charge in [-0.15, -0.1) is 0 Å². The summed E-state index contributed by atoms with van der Waals surface area (Å²) in [6, 6.07) is 11.0. The number of halogens is 1. The van der Waals surface area contributed by atoms with Crippen LogP contribution in [0.1, 0.15) is 12.8 Å². The molecule has 1 fully saturated rings. The molecular weight excluding hydrogens is 364 g/mol. The van der Waals surface area contributed by atoms with Crippen molar-refractivity contribution in [2.24, 2.45) is 0 Å².